The molecule has 1 unspecified atom stereocenters. The maximum Gasteiger partial charge on any atom is 0.151 e. The molecule has 1 rings (SSSR count). The van der Waals surface area contributed by atoms with Gasteiger partial charge in [0, 0.05) is 22.5 Å². The van der Waals surface area contributed by atoms with E-state index in [0.717, 1.165) is 17.0 Å². The Balaban J connectivity index is 0.000000694. The third-order valence-corrected chi connectivity index (χ3v) is 3.72. The van der Waals surface area contributed by atoms with E-state index in [1.165, 1.54) is 5.57 Å². The van der Waals surface area contributed by atoms with E-state index in [4.69, 9.17) is 17.3 Å². The van der Waals surface area contributed by atoms with Crippen LogP contribution in [0, 0.1) is 11.8 Å². The molecule has 1 aromatic carbocycles. The average Bonchev–Trinajstić information content (AvgIpc) is 2.62. The van der Waals surface area contributed by atoms with Gasteiger partial charge >= 0.3 is 0 Å². The molecule has 0 radical (unpaired) electrons. The monoisotopic (exact) mass is 388 g/mol. The zero-order valence-corrected chi connectivity index (χ0v) is 18.1. The van der Waals surface area contributed by atoms with Gasteiger partial charge < -0.3 is 5.73 Å². The fraction of sp³-hybridized carbons (Fsp3) is 0.391. The summed E-state index contributed by atoms with van der Waals surface area (Å²) in [6.07, 6.45) is 10.8. The normalized spacial score (nSPS) is 14.0. The average molecular weight is 389 g/mol. The van der Waals surface area contributed by atoms with Gasteiger partial charge in [-0.3, -0.25) is 9.79 Å². The standard InChI is InChI=1S/C17H27NO.C6H6ClN/c1-7-16(12-19)11-18-15(6)17(10-14(4)5)9-8-13(2)3;7-5-1-3-6(8)4-2-5/h7-15H,1-6H3;1-4H,8H2/b9-8-,16-7+,17-10+,18-11?;. The number of aliphatic imine (C=N–C) groups is 1. The summed E-state index contributed by atoms with van der Waals surface area (Å²) < 4.78 is 0. The van der Waals surface area contributed by atoms with Gasteiger partial charge in [0.05, 0.1) is 6.04 Å². The van der Waals surface area contributed by atoms with Crippen LogP contribution in [0.1, 0.15) is 41.5 Å². The molecular formula is C23H33ClN2O. The minimum Gasteiger partial charge on any atom is -0.399 e. The second-order valence-electron chi connectivity index (χ2n) is 6.93. The summed E-state index contributed by atoms with van der Waals surface area (Å²) in [6.45, 7) is 12.5. The van der Waals surface area contributed by atoms with Crippen molar-refractivity contribution in [3.63, 3.8) is 0 Å². The molecule has 1 atom stereocenters. The number of carbonyl (C=O) groups excluding carboxylic acids is 1. The molecule has 0 amide bonds. The number of halogens is 1. The number of nitrogen functional groups attached to an aromatic ring is 1. The first kappa shape index (κ1) is 24.9. The van der Waals surface area contributed by atoms with E-state index in [0.29, 0.717) is 17.4 Å². The Kier molecular flexibility index (Phi) is 12.9. The van der Waals surface area contributed by atoms with Crippen molar-refractivity contribution in [1.29, 1.82) is 0 Å². The van der Waals surface area contributed by atoms with E-state index in [9.17, 15) is 4.79 Å². The molecular weight excluding hydrogens is 356 g/mol. The number of nitrogens with two attached hydrogens (primary N) is 1. The molecule has 0 aromatic heterocycles. The molecule has 0 saturated heterocycles. The van der Waals surface area contributed by atoms with Crippen molar-refractivity contribution in [3.8, 4) is 0 Å². The summed E-state index contributed by atoms with van der Waals surface area (Å²) in [4.78, 5) is 15.2. The summed E-state index contributed by atoms with van der Waals surface area (Å²) >= 11 is 5.56. The molecule has 4 heteroatoms. The summed E-state index contributed by atoms with van der Waals surface area (Å²) in [7, 11) is 0. The molecule has 0 fully saturated rings. The van der Waals surface area contributed by atoms with E-state index in [2.05, 4.69) is 50.9 Å². The molecule has 2 N–H and O–H groups in total. The van der Waals surface area contributed by atoms with Crippen molar-refractivity contribution in [2.45, 2.75) is 47.6 Å². The second-order valence-corrected chi connectivity index (χ2v) is 7.36. The Morgan fingerprint density at radius 3 is 2.07 bits per heavy atom. The van der Waals surface area contributed by atoms with Crippen molar-refractivity contribution in [3.05, 3.63) is 64.7 Å². The number of hydrogen-bond acceptors (Lipinski definition) is 3. The van der Waals surface area contributed by atoms with Gasteiger partial charge in [0.1, 0.15) is 0 Å². The topological polar surface area (TPSA) is 55.5 Å². The molecule has 0 spiro atoms. The zero-order chi connectivity index (χ0) is 20.8. The maximum absolute atomic E-state index is 10.7. The lowest BCUT2D eigenvalue weighted by atomic mass is 10.0. The number of nitrogens with zero attached hydrogens (tertiary/aromatic N) is 1. The number of rotatable bonds is 7. The number of allylic oxidation sites excluding steroid dienone is 4. The lowest BCUT2D eigenvalue weighted by molar-refractivity contribution is -0.104. The highest BCUT2D eigenvalue weighted by molar-refractivity contribution is 6.30. The zero-order valence-electron chi connectivity index (χ0n) is 17.3. The minimum absolute atomic E-state index is 0.0623. The lowest BCUT2D eigenvalue weighted by Crippen LogP contribution is -2.04. The van der Waals surface area contributed by atoms with Gasteiger partial charge in [-0.05, 0) is 55.5 Å². The third-order valence-electron chi connectivity index (χ3n) is 3.47. The first-order chi connectivity index (χ1) is 12.7. The SMILES string of the molecule is C/C=C(/C=O)C=NC(C)C(/C=C\C(C)C)=C/C(C)C.Nc1ccc(Cl)cc1. The molecule has 27 heavy (non-hydrogen) atoms. The first-order valence-corrected chi connectivity index (χ1v) is 9.63. The van der Waals surface area contributed by atoms with E-state index >= 15 is 0 Å². The molecule has 0 bridgehead atoms. The van der Waals surface area contributed by atoms with Crippen LogP contribution < -0.4 is 5.73 Å². The van der Waals surface area contributed by atoms with Crippen LogP contribution in [-0.2, 0) is 4.79 Å². The largest absolute Gasteiger partial charge is 0.399 e. The highest BCUT2D eigenvalue weighted by Gasteiger charge is 2.05. The fourth-order valence-corrected chi connectivity index (χ4v) is 2.07. The van der Waals surface area contributed by atoms with Crippen LogP contribution in [0.2, 0.25) is 5.02 Å². The van der Waals surface area contributed by atoms with Gasteiger partial charge in [0.15, 0.2) is 6.29 Å². The highest BCUT2D eigenvalue weighted by Crippen LogP contribution is 2.13. The predicted molar refractivity (Wildman–Crippen MR) is 121 cm³/mol. The Morgan fingerprint density at radius 2 is 1.67 bits per heavy atom. The van der Waals surface area contributed by atoms with Crippen LogP contribution in [0.15, 0.2) is 64.7 Å². The van der Waals surface area contributed by atoms with E-state index in [-0.39, 0.29) is 6.04 Å². The van der Waals surface area contributed by atoms with Gasteiger partial charge in [-0.1, -0.05) is 63.6 Å². The molecule has 0 heterocycles. The summed E-state index contributed by atoms with van der Waals surface area (Å²) in [6, 6.07) is 7.12. The second kappa shape index (κ2) is 14.0. The number of carbonyl (C=O) groups is 1. The fourth-order valence-electron chi connectivity index (χ4n) is 1.94. The molecule has 0 aliphatic rings. The summed E-state index contributed by atoms with van der Waals surface area (Å²) in [5.74, 6) is 1.00. The predicted octanol–water partition coefficient (Wildman–Crippen LogP) is 6.31. The number of benzene rings is 1. The Labute approximate surface area is 169 Å². The molecule has 0 saturated carbocycles. The molecule has 3 nitrogen and oxygen atoms in total. The molecule has 148 valence electrons. The Hall–Kier alpha value is -2.13. The Morgan fingerprint density at radius 1 is 1.07 bits per heavy atom. The summed E-state index contributed by atoms with van der Waals surface area (Å²) in [5, 5.41) is 0.721. The Bertz CT molecular complexity index is 647. The smallest absolute Gasteiger partial charge is 0.151 e. The highest BCUT2D eigenvalue weighted by atomic mass is 35.5. The van der Waals surface area contributed by atoms with Crippen LogP contribution in [0.3, 0.4) is 0 Å². The van der Waals surface area contributed by atoms with E-state index < -0.39 is 0 Å². The van der Waals surface area contributed by atoms with Crippen molar-refractivity contribution < 1.29 is 4.79 Å². The van der Waals surface area contributed by atoms with Crippen LogP contribution in [-0.4, -0.2) is 18.5 Å². The summed E-state index contributed by atoms with van der Waals surface area (Å²) in [5.41, 5.74) is 7.92. The van der Waals surface area contributed by atoms with Crippen molar-refractivity contribution >= 4 is 29.8 Å². The van der Waals surface area contributed by atoms with Crippen molar-refractivity contribution in [2.24, 2.45) is 16.8 Å². The molecule has 0 aliphatic heterocycles. The van der Waals surface area contributed by atoms with Gasteiger partial charge in [0.2, 0.25) is 0 Å². The lowest BCUT2D eigenvalue weighted by Gasteiger charge is -2.10. The van der Waals surface area contributed by atoms with Crippen LogP contribution >= 0.6 is 11.6 Å². The quantitative estimate of drug-likeness (QED) is 0.195. The van der Waals surface area contributed by atoms with E-state index in [1.54, 1.807) is 36.6 Å². The minimum atomic E-state index is 0.0623. The van der Waals surface area contributed by atoms with Gasteiger partial charge in [-0.25, -0.2) is 0 Å². The molecule has 1 aromatic rings. The van der Waals surface area contributed by atoms with Crippen LogP contribution in [0.5, 0.6) is 0 Å². The first-order valence-electron chi connectivity index (χ1n) is 9.25. The molecule has 0 aliphatic carbocycles. The van der Waals surface area contributed by atoms with E-state index in [1.807, 2.05) is 13.8 Å². The van der Waals surface area contributed by atoms with Gasteiger partial charge in [-0.2, -0.15) is 0 Å². The third kappa shape index (κ3) is 12.8. The van der Waals surface area contributed by atoms with Crippen LogP contribution in [0.25, 0.3) is 0 Å². The van der Waals surface area contributed by atoms with Crippen LogP contribution in [0.4, 0.5) is 5.69 Å². The number of hydrogen-bond donors (Lipinski definition) is 1. The van der Waals surface area contributed by atoms with Gasteiger partial charge in [-0.15, -0.1) is 0 Å². The maximum atomic E-state index is 10.7. The van der Waals surface area contributed by atoms with Gasteiger partial charge in [0.25, 0.3) is 0 Å². The number of anilines is 1. The van der Waals surface area contributed by atoms with Crippen molar-refractivity contribution in [2.75, 3.05) is 5.73 Å². The van der Waals surface area contributed by atoms with Crippen molar-refractivity contribution in [1.82, 2.24) is 0 Å². The number of aldehydes is 1.